The first-order chi connectivity index (χ1) is 11.8. The highest BCUT2D eigenvalue weighted by Gasteiger charge is 2.19. The summed E-state index contributed by atoms with van der Waals surface area (Å²) in [6, 6.07) is 12.5. The molecule has 0 spiro atoms. The van der Waals surface area contributed by atoms with Gasteiger partial charge in [-0.25, -0.2) is 0 Å². The number of hydrogen-bond donors (Lipinski definition) is 0. The molecule has 0 saturated carbocycles. The van der Waals surface area contributed by atoms with Crippen molar-refractivity contribution in [1.82, 2.24) is 4.98 Å². The number of aromatic nitrogens is 1. The number of pyridine rings is 1. The molecule has 3 heteroatoms. The topological polar surface area (TPSA) is 25.2 Å². The summed E-state index contributed by atoms with van der Waals surface area (Å²) in [5.74, 6) is 0.850. The summed E-state index contributed by atoms with van der Waals surface area (Å²) in [7, 11) is 0. The van der Waals surface area contributed by atoms with Crippen LogP contribution in [0.4, 0.5) is 5.69 Å². The van der Waals surface area contributed by atoms with Crippen molar-refractivity contribution in [3.8, 4) is 11.3 Å². The summed E-state index contributed by atoms with van der Waals surface area (Å²) >= 11 is 4.64. The van der Waals surface area contributed by atoms with E-state index in [-0.39, 0.29) is 0 Å². The maximum Gasteiger partial charge on any atom is 0.0740 e. The highest BCUT2D eigenvalue weighted by molar-refractivity contribution is 7.78. The lowest BCUT2D eigenvalue weighted by atomic mass is 9.83. The van der Waals surface area contributed by atoms with E-state index in [0.717, 1.165) is 29.3 Å². The molecule has 0 bridgehead atoms. The van der Waals surface area contributed by atoms with Crippen LogP contribution in [0.15, 0.2) is 41.4 Å². The molecular weight excluding hydrogens is 312 g/mol. The van der Waals surface area contributed by atoms with Crippen LogP contribution in [0, 0.1) is 5.92 Å². The molecule has 1 aliphatic carbocycles. The van der Waals surface area contributed by atoms with Gasteiger partial charge in [0, 0.05) is 11.3 Å². The summed E-state index contributed by atoms with van der Waals surface area (Å²) in [4.78, 5) is 8.92. The lowest BCUT2D eigenvalue weighted by molar-refractivity contribution is 0.404. The molecule has 1 heterocycles. The molecule has 3 rings (SSSR count). The number of hydrogen-bond acceptors (Lipinski definition) is 3. The average Bonchev–Trinajstić information content (AvgIpc) is 2.62. The number of benzene rings is 1. The van der Waals surface area contributed by atoms with Gasteiger partial charge in [0.25, 0.3) is 0 Å². The summed E-state index contributed by atoms with van der Waals surface area (Å²) in [6.07, 6.45) is 9.03. The maximum atomic E-state index is 4.92. The number of aryl methyl sites for hydroxylation is 1. The second-order valence-corrected chi connectivity index (χ2v) is 6.84. The predicted molar refractivity (Wildman–Crippen MR) is 104 cm³/mol. The van der Waals surface area contributed by atoms with Crippen LogP contribution in [-0.4, -0.2) is 10.1 Å². The summed E-state index contributed by atoms with van der Waals surface area (Å²) in [6.45, 7) is 2.27. The SMILES string of the molecule is CCCCCC1CCc2nc(-c3ccc(N=C=S)cc3)ccc2C1. The maximum absolute atomic E-state index is 4.92. The minimum absolute atomic E-state index is 0.835. The molecule has 0 N–H and O–H groups in total. The molecule has 1 aromatic heterocycles. The van der Waals surface area contributed by atoms with E-state index in [4.69, 9.17) is 4.98 Å². The smallest absolute Gasteiger partial charge is 0.0740 e. The number of unbranched alkanes of at least 4 members (excludes halogenated alkanes) is 2. The zero-order valence-corrected chi connectivity index (χ0v) is 15.1. The van der Waals surface area contributed by atoms with Gasteiger partial charge in [-0.2, -0.15) is 4.99 Å². The monoisotopic (exact) mass is 336 g/mol. The Balaban J connectivity index is 1.72. The van der Waals surface area contributed by atoms with Crippen LogP contribution in [0.3, 0.4) is 0 Å². The van der Waals surface area contributed by atoms with Crippen molar-refractivity contribution in [1.29, 1.82) is 0 Å². The first-order valence-corrected chi connectivity index (χ1v) is 9.38. The van der Waals surface area contributed by atoms with Crippen LogP contribution in [0.1, 0.15) is 50.3 Å². The van der Waals surface area contributed by atoms with Crippen molar-refractivity contribution in [3.63, 3.8) is 0 Å². The molecule has 0 radical (unpaired) electrons. The van der Waals surface area contributed by atoms with E-state index in [1.807, 2.05) is 12.1 Å². The Hall–Kier alpha value is -1.83. The minimum Gasteiger partial charge on any atom is -0.253 e. The Kier molecular flexibility index (Phi) is 5.90. The third-order valence-electron chi connectivity index (χ3n) is 4.92. The van der Waals surface area contributed by atoms with Crippen molar-refractivity contribution < 1.29 is 0 Å². The largest absolute Gasteiger partial charge is 0.253 e. The van der Waals surface area contributed by atoms with Gasteiger partial charge in [-0.1, -0.05) is 50.8 Å². The van der Waals surface area contributed by atoms with E-state index >= 15 is 0 Å². The number of fused-ring (bicyclic) bond motifs is 1. The van der Waals surface area contributed by atoms with Crippen LogP contribution in [0.25, 0.3) is 11.3 Å². The third kappa shape index (κ3) is 4.17. The van der Waals surface area contributed by atoms with Crippen molar-refractivity contribution in [3.05, 3.63) is 47.7 Å². The Bertz CT molecular complexity index is 730. The normalized spacial score (nSPS) is 16.3. The van der Waals surface area contributed by atoms with Crippen molar-refractivity contribution in [2.75, 3.05) is 0 Å². The fourth-order valence-corrected chi connectivity index (χ4v) is 3.64. The summed E-state index contributed by atoms with van der Waals surface area (Å²) < 4.78 is 0. The number of thiocarbonyl (C=S) groups is 1. The number of isothiocyanates is 1. The quantitative estimate of drug-likeness (QED) is 0.358. The zero-order valence-electron chi connectivity index (χ0n) is 14.3. The second kappa shape index (κ2) is 8.32. The second-order valence-electron chi connectivity index (χ2n) is 6.66. The number of aliphatic imine (C=N–C) groups is 1. The molecule has 0 saturated heterocycles. The highest BCUT2D eigenvalue weighted by Crippen LogP contribution is 2.30. The van der Waals surface area contributed by atoms with E-state index in [2.05, 4.69) is 53.6 Å². The first kappa shape index (κ1) is 17.0. The zero-order chi connectivity index (χ0) is 16.8. The van der Waals surface area contributed by atoms with Gasteiger partial charge in [-0.15, -0.1) is 0 Å². The summed E-state index contributed by atoms with van der Waals surface area (Å²) in [5, 5.41) is 2.40. The molecule has 0 amide bonds. The van der Waals surface area contributed by atoms with Gasteiger partial charge in [0.2, 0.25) is 0 Å². The number of rotatable bonds is 6. The van der Waals surface area contributed by atoms with Crippen molar-refractivity contribution in [2.45, 2.75) is 51.9 Å². The Morgan fingerprint density at radius 3 is 2.75 bits per heavy atom. The van der Waals surface area contributed by atoms with E-state index in [9.17, 15) is 0 Å². The van der Waals surface area contributed by atoms with Gasteiger partial charge in [0.1, 0.15) is 0 Å². The molecular formula is C21H24N2S. The average molecular weight is 337 g/mol. The van der Waals surface area contributed by atoms with Crippen LogP contribution < -0.4 is 0 Å². The Labute approximate surface area is 150 Å². The van der Waals surface area contributed by atoms with E-state index in [1.54, 1.807) is 0 Å². The number of nitrogens with zero attached hydrogens (tertiary/aromatic N) is 2. The molecule has 1 aromatic carbocycles. The third-order valence-corrected chi connectivity index (χ3v) is 5.01. The molecule has 0 aliphatic heterocycles. The van der Waals surface area contributed by atoms with Gasteiger partial charge < -0.3 is 0 Å². The molecule has 0 fully saturated rings. The fourth-order valence-electron chi connectivity index (χ4n) is 3.54. The van der Waals surface area contributed by atoms with Gasteiger partial charge in [-0.3, -0.25) is 4.98 Å². The first-order valence-electron chi connectivity index (χ1n) is 8.97. The fraction of sp³-hybridized carbons (Fsp3) is 0.429. The van der Waals surface area contributed by atoms with Gasteiger partial charge in [-0.05, 0) is 61.2 Å². The molecule has 1 unspecified atom stereocenters. The van der Waals surface area contributed by atoms with Crippen LogP contribution in [-0.2, 0) is 12.8 Å². The molecule has 24 heavy (non-hydrogen) atoms. The predicted octanol–water partition coefficient (Wildman–Crippen LogP) is 6.17. The van der Waals surface area contributed by atoms with Crippen molar-refractivity contribution >= 4 is 23.1 Å². The molecule has 2 aromatic rings. The highest BCUT2D eigenvalue weighted by atomic mass is 32.1. The molecule has 1 aliphatic rings. The lowest BCUT2D eigenvalue weighted by Gasteiger charge is -2.24. The van der Waals surface area contributed by atoms with Crippen molar-refractivity contribution in [2.24, 2.45) is 10.9 Å². The molecule has 2 nitrogen and oxygen atoms in total. The van der Waals surface area contributed by atoms with Crippen LogP contribution in [0.2, 0.25) is 0 Å². The van der Waals surface area contributed by atoms with Gasteiger partial charge in [0.05, 0.1) is 16.5 Å². The molecule has 1 atom stereocenters. The van der Waals surface area contributed by atoms with E-state index in [0.29, 0.717) is 0 Å². The Morgan fingerprint density at radius 1 is 1.17 bits per heavy atom. The summed E-state index contributed by atoms with van der Waals surface area (Å²) in [5.41, 5.74) is 5.76. The van der Waals surface area contributed by atoms with E-state index < -0.39 is 0 Å². The Morgan fingerprint density at radius 2 is 2.00 bits per heavy atom. The van der Waals surface area contributed by atoms with Gasteiger partial charge in [0.15, 0.2) is 0 Å². The molecule has 124 valence electrons. The minimum atomic E-state index is 0.835. The van der Waals surface area contributed by atoms with Gasteiger partial charge >= 0.3 is 0 Å². The van der Waals surface area contributed by atoms with Crippen LogP contribution >= 0.6 is 12.2 Å². The standard InChI is InChI=1S/C21H24N2S/c1-2-3-4-5-16-6-12-21-18(14-16)9-13-20(23-21)17-7-10-19(11-8-17)22-15-24/h7-11,13,16H,2-6,12,14H2,1H3. The lowest BCUT2D eigenvalue weighted by Crippen LogP contribution is -2.15. The van der Waals surface area contributed by atoms with E-state index in [1.165, 1.54) is 49.8 Å². The van der Waals surface area contributed by atoms with Crippen LogP contribution in [0.5, 0.6) is 0 Å².